The van der Waals surface area contributed by atoms with Crippen molar-refractivity contribution in [2.24, 2.45) is 0 Å². The van der Waals surface area contributed by atoms with E-state index in [1.165, 1.54) is 24.4 Å². The Labute approximate surface area is 207 Å². The van der Waals surface area contributed by atoms with E-state index in [1.807, 2.05) is 0 Å². The Balaban J connectivity index is 1.87. The molecule has 184 valence electrons. The zero-order valence-electron chi connectivity index (χ0n) is 19.6. The van der Waals surface area contributed by atoms with Crippen molar-refractivity contribution in [2.45, 2.75) is 33.3 Å². The summed E-state index contributed by atoms with van der Waals surface area (Å²) >= 11 is 5.84. The fourth-order valence-electron chi connectivity index (χ4n) is 2.83. The molecule has 0 fully saturated rings. The van der Waals surface area contributed by atoms with Gasteiger partial charge in [0.2, 0.25) is 5.95 Å². The van der Waals surface area contributed by atoms with Crippen molar-refractivity contribution >= 4 is 52.5 Å². The summed E-state index contributed by atoms with van der Waals surface area (Å²) < 4.78 is 23.8. The summed E-state index contributed by atoms with van der Waals surface area (Å²) in [4.78, 5) is 33.1. The van der Waals surface area contributed by atoms with Crippen LogP contribution < -0.4 is 16.0 Å². The van der Waals surface area contributed by atoms with E-state index < -0.39 is 23.5 Å². The highest BCUT2D eigenvalue weighted by Gasteiger charge is 2.18. The van der Waals surface area contributed by atoms with E-state index in [-0.39, 0.29) is 29.0 Å². The summed E-state index contributed by atoms with van der Waals surface area (Å²) in [7, 11) is 0. The van der Waals surface area contributed by atoms with Crippen LogP contribution in [-0.4, -0.2) is 34.2 Å². The first-order chi connectivity index (χ1) is 16.5. The Morgan fingerprint density at radius 2 is 1.77 bits per heavy atom. The molecule has 1 amide bonds. The van der Waals surface area contributed by atoms with Gasteiger partial charge in [0.25, 0.3) is 0 Å². The predicted molar refractivity (Wildman–Crippen MR) is 132 cm³/mol. The Morgan fingerprint density at radius 3 is 2.46 bits per heavy atom. The Kier molecular flexibility index (Phi) is 8.08. The topological polar surface area (TPSA) is 114 Å². The quantitative estimate of drug-likeness (QED) is 0.324. The number of carbonyl (C=O) groups excluding carboxylic acids is 2. The number of nitrogens with zero attached hydrogens (tertiary/aromatic N) is 2. The monoisotopic (exact) mass is 501 g/mol. The van der Waals surface area contributed by atoms with Gasteiger partial charge in [-0.05, 0) is 64.1 Å². The van der Waals surface area contributed by atoms with Crippen molar-refractivity contribution in [1.82, 2.24) is 9.97 Å². The van der Waals surface area contributed by atoms with Gasteiger partial charge in [-0.3, -0.25) is 5.32 Å². The number of benzene rings is 2. The maximum atomic E-state index is 13.5. The third kappa shape index (κ3) is 7.54. The molecule has 0 unspecified atom stereocenters. The number of aromatic nitrogens is 2. The first-order valence-corrected chi connectivity index (χ1v) is 11.0. The standard InChI is InChI=1S/C24H25ClFN5O4/c1-5-34-21(32)17-13-27-22(29-16-9-10-19(26)18(25)12-16)31-20(17)28-14-7-6-8-15(11-14)30-23(33)35-24(2,3)4/h6-13H,5H2,1-4H3,(H,30,33)(H2,27,28,29,31). The van der Waals surface area contributed by atoms with Crippen LogP contribution in [0.2, 0.25) is 5.02 Å². The SMILES string of the molecule is CCOC(=O)c1cnc(Nc2ccc(F)c(Cl)c2)nc1Nc1cccc(NC(=O)OC(C)(C)C)c1. The molecular formula is C24H25ClFN5O4. The van der Waals surface area contributed by atoms with E-state index in [0.717, 1.165) is 0 Å². The van der Waals surface area contributed by atoms with E-state index in [1.54, 1.807) is 52.0 Å². The first kappa shape index (κ1) is 25.7. The number of anilines is 5. The molecule has 0 atom stereocenters. The van der Waals surface area contributed by atoms with Gasteiger partial charge >= 0.3 is 12.1 Å². The minimum absolute atomic E-state index is 0.0641. The molecule has 0 aliphatic rings. The van der Waals surface area contributed by atoms with E-state index >= 15 is 0 Å². The molecule has 11 heteroatoms. The molecule has 2 aromatic carbocycles. The van der Waals surface area contributed by atoms with Gasteiger partial charge in [0, 0.05) is 23.3 Å². The smallest absolute Gasteiger partial charge is 0.412 e. The number of esters is 1. The number of ether oxygens (including phenoxy) is 2. The van der Waals surface area contributed by atoms with Gasteiger partial charge in [0.1, 0.15) is 17.0 Å². The van der Waals surface area contributed by atoms with Gasteiger partial charge in [0.05, 0.1) is 11.6 Å². The van der Waals surface area contributed by atoms with Gasteiger partial charge < -0.3 is 20.1 Å². The van der Waals surface area contributed by atoms with Gasteiger partial charge in [0.15, 0.2) is 5.82 Å². The maximum absolute atomic E-state index is 13.5. The molecule has 3 rings (SSSR count). The molecule has 35 heavy (non-hydrogen) atoms. The van der Waals surface area contributed by atoms with Crippen molar-refractivity contribution in [3.63, 3.8) is 0 Å². The lowest BCUT2D eigenvalue weighted by Gasteiger charge is -2.20. The average molecular weight is 502 g/mol. The van der Waals surface area contributed by atoms with Crippen LogP contribution in [0.4, 0.5) is 38.0 Å². The van der Waals surface area contributed by atoms with E-state index in [4.69, 9.17) is 21.1 Å². The van der Waals surface area contributed by atoms with Crippen LogP contribution in [0, 0.1) is 5.82 Å². The van der Waals surface area contributed by atoms with E-state index in [0.29, 0.717) is 17.1 Å². The van der Waals surface area contributed by atoms with Crippen molar-refractivity contribution in [3.05, 3.63) is 65.1 Å². The zero-order valence-corrected chi connectivity index (χ0v) is 20.4. The molecular weight excluding hydrogens is 477 g/mol. The van der Waals surface area contributed by atoms with Crippen LogP contribution in [0.1, 0.15) is 38.1 Å². The lowest BCUT2D eigenvalue weighted by atomic mass is 10.2. The number of amides is 1. The summed E-state index contributed by atoms with van der Waals surface area (Å²) in [5.41, 5.74) is 0.900. The Bertz CT molecular complexity index is 1230. The predicted octanol–water partition coefficient (Wildman–Crippen LogP) is 6.28. The molecule has 3 N–H and O–H groups in total. The summed E-state index contributed by atoms with van der Waals surface area (Å²) in [5, 5.41) is 8.56. The number of hydrogen-bond donors (Lipinski definition) is 3. The molecule has 0 saturated heterocycles. The number of hydrogen-bond acceptors (Lipinski definition) is 8. The molecule has 0 radical (unpaired) electrons. The molecule has 1 aromatic heterocycles. The number of rotatable bonds is 7. The van der Waals surface area contributed by atoms with Crippen LogP contribution in [0.25, 0.3) is 0 Å². The highest BCUT2D eigenvalue weighted by molar-refractivity contribution is 6.31. The third-order valence-corrected chi connectivity index (χ3v) is 4.52. The van der Waals surface area contributed by atoms with Crippen molar-refractivity contribution in [2.75, 3.05) is 22.6 Å². The molecule has 0 bridgehead atoms. The fraction of sp³-hybridized carbons (Fsp3) is 0.250. The molecule has 0 aliphatic carbocycles. The third-order valence-electron chi connectivity index (χ3n) is 4.23. The first-order valence-electron chi connectivity index (χ1n) is 10.7. The van der Waals surface area contributed by atoms with Crippen LogP contribution in [0.3, 0.4) is 0 Å². The summed E-state index contributed by atoms with van der Waals surface area (Å²) in [6.45, 7) is 7.15. The van der Waals surface area contributed by atoms with Crippen LogP contribution >= 0.6 is 11.6 Å². The normalized spacial score (nSPS) is 10.9. The number of carbonyl (C=O) groups is 2. The molecule has 0 aliphatic heterocycles. The lowest BCUT2D eigenvalue weighted by molar-refractivity contribution is 0.0525. The zero-order chi connectivity index (χ0) is 25.6. The fourth-order valence-corrected chi connectivity index (χ4v) is 3.01. The summed E-state index contributed by atoms with van der Waals surface area (Å²) in [5.74, 6) is -0.887. The van der Waals surface area contributed by atoms with Crippen LogP contribution in [0.15, 0.2) is 48.7 Å². The highest BCUT2D eigenvalue weighted by atomic mass is 35.5. The van der Waals surface area contributed by atoms with Crippen molar-refractivity contribution in [3.8, 4) is 0 Å². The Morgan fingerprint density at radius 1 is 1.06 bits per heavy atom. The molecule has 3 aromatic rings. The van der Waals surface area contributed by atoms with E-state index in [2.05, 4.69) is 25.9 Å². The summed E-state index contributed by atoms with van der Waals surface area (Å²) in [6.07, 6.45) is 0.706. The molecule has 0 spiro atoms. The molecule has 9 nitrogen and oxygen atoms in total. The second kappa shape index (κ2) is 11.0. The van der Waals surface area contributed by atoms with E-state index in [9.17, 15) is 14.0 Å². The lowest BCUT2D eigenvalue weighted by Crippen LogP contribution is -2.27. The largest absolute Gasteiger partial charge is 0.462 e. The minimum atomic E-state index is -0.645. The van der Waals surface area contributed by atoms with Crippen LogP contribution in [-0.2, 0) is 9.47 Å². The van der Waals surface area contributed by atoms with Crippen LogP contribution in [0.5, 0.6) is 0 Å². The average Bonchev–Trinajstić information content (AvgIpc) is 2.75. The van der Waals surface area contributed by atoms with Gasteiger partial charge in [-0.25, -0.2) is 19.0 Å². The van der Waals surface area contributed by atoms with Gasteiger partial charge in [-0.2, -0.15) is 4.98 Å². The second-order valence-corrected chi connectivity index (χ2v) is 8.67. The second-order valence-electron chi connectivity index (χ2n) is 8.26. The minimum Gasteiger partial charge on any atom is -0.462 e. The number of nitrogens with one attached hydrogen (secondary N) is 3. The highest BCUT2D eigenvalue weighted by Crippen LogP contribution is 2.26. The molecule has 0 saturated carbocycles. The number of halogens is 2. The summed E-state index contributed by atoms with van der Waals surface area (Å²) in [6, 6.07) is 10.8. The maximum Gasteiger partial charge on any atom is 0.412 e. The Hall–Kier alpha value is -3.92. The van der Waals surface area contributed by atoms with Gasteiger partial charge in [-0.1, -0.05) is 17.7 Å². The van der Waals surface area contributed by atoms with Crippen molar-refractivity contribution < 1.29 is 23.5 Å². The van der Waals surface area contributed by atoms with Crippen molar-refractivity contribution in [1.29, 1.82) is 0 Å². The molecule has 1 heterocycles. The van der Waals surface area contributed by atoms with Gasteiger partial charge in [-0.15, -0.1) is 0 Å².